The average molecular weight is 207 g/mol. The molecule has 7 nitrogen and oxygen atoms in total. The minimum absolute atomic E-state index is 0.476. The summed E-state index contributed by atoms with van der Waals surface area (Å²) >= 11 is 0. The Hall–Kier alpha value is -0.280. The molecular formula is C7H21N5O2. The summed E-state index contributed by atoms with van der Waals surface area (Å²) in [5, 5.41) is 20.6. The number of hydrogen-bond acceptors (Lipinski definition) is 6. The standard InChI is InChI=1S/C7H21N5O2/c8-4-1-2-6-11(7-3-5-9)12(14)10-13/h10,12-13H,1-9H2. The Kier molecular flexibility index (Phi) is 9.10. The van der Waals surface area contributed by atoms with Crippen molar-refractivity contribution < 1.29 is 10.5 Å². The van der Waals surface area contributed by atoms with E-state index in [1.807, 2.05) is 0 Å². The normalized spacial score (nSPS) is 13.5. The fraction of sp³-hybridized carbons (Fsp3) is 1.00. The van der Waals surface area contributed by atoms with Gasteiger partial charge in [0.2, 0.25) is 0 Å². The van der Waals surface area contributed by atoms with Crippen LogP contribution in [0.1, 0.15) is 19.3 Å². The number of nitrogens with zero attached hydrogens (tertiary/aromatic N) is 1. The lowest BCUT2D eigenvalue weighted by Crippen LogP contribution is -3.20. The van der Waals surface area contributed by atoms with Gasteiger partial charge in [0.1, 0.15) is 0 Å². The number of quaternary nitrogens is 1. The second-order valence-corrected chi connectivity index (χ2v) is 3.04. The molecule has 0 heterocycles. The Morgan fingerprint density at radius 3 is 2.21 bits per heavy atom. The van der Waals surface area contributed by atoms with Gasteiger partial charge in [0.05, 0.1) is 6.54 Å². The molecule has 0 aliphatic heterocycles. The molecule has 0 saturated carbocycles. The quantitative estimate of drug-likeness (QED) is 0.212. The maximum absolute atomic E-state index is 11.1. The molecule has 0 bridgehead atoms. The van der Waals surface area contributed by atoms with Gasteiger partial charge in [0, 0.05) is 6.54 Å². The van der Waals surface area contributed by atoms with Crippen LogP contribution < -0.4 is 22.3 Å². The van der Waals surface area contributed by atoms with Crippen LogP contribution in [0.5, 0.6) is 0 Å². The van der Waals surface area contributed by atoms with E-state index in [9.17, 15) is 5.21 Å². The van der Waals surface area contributed by atoms with Gasteiger partial charge in [0.15, 0.2) is 0 Å². The zero-order valence-electron chi connectivity index (χ0n) is 8.41. The number of rotatable bonds is 9. The predicted octanol–water partition coefficient (Wildman–Crippen LogP) is -2.43. The van der Waals surface area contributed by atoms with Crippen molar-refractivity contribution in [3.63, 3.8) is 0 Å². The number of nitrogens with two attached hydrogens (primary N) is 2. The summed E-state index contributed by atoms with van der Waals surface area (Å²) in [4.78, 5) is 0. The van der Waals surface area contributed by atoms with E-state index in [4.69, 9.17) is 16.7 Å². The molecule has 0 aromatic heterocycles. The molecule has 1 atom stereocenters. The maximum atomic E-state index is 11.1. The predicted molar refractivity (Wildman–Crippen MR) is 52.8 cm³/mol. The SMILES string of the molecule is NCCCCN(CCCN)[NH+]([O-])NO. The van der Waals surface area contributed by atoms with Gasteiger partial charge in [0.25, 0.3) is 0 Å². The van der Waals surface area contributed by atoms with Crippen LogP contribution in [0.3, 0.4) is 0 Å². The summed E-state index contributed by atoms with van der Waals surface area (Å²) in [5.41, 5.74) is 12.3. The van der Waals surface area contributed by atoms with Crippen LogP contribution in [-0.2, 0) is 0 Å². The van der Waals surface area contributed by atoms with E-state index in [1.165, 1.54) is 5.01 Å². The third-order valence-corrected chi connectivity index (χ3v) is 1.90. The summed E-state index contributed by atoms with van der Waals surface area (Å²) in [6.45, 7) is 2.31. The third kappa shape index (κ3) is 6.22. The van der Waals surface area contributed by atoms with Crippen molar-refractivity contribution in [2.75, 3.05) is 26.2 Å². The van der Waals surface area contributed by atoms with Crippen LogP contribution in [0, 0.1) is 5.21 Å². The van der Waals surface area contributed by atoms with Crippen LogP contribution in [0.15, 0.2) is 0 Å². The van der Waals surface area contributed by atoms with Crippen molar-refractivity contribution >= 4 is 0 Å². The minimum Gasteiger partial charge on any atom is -0.591 e. The fourth-order valence-corrected chi connectivity index (χ4v) is 1.11. The van der Waals surface area contributed by atoms with Gasteiger partial charge in [-0.25, -0.2) is 0 Å². The molecule has 0 amide bonds. The van der Waals surface area contributed by atoms with Crippen LogP contribution >= 0.6 is 0 Å². The van der Waals surface area contributed by atoms with Crippen molar-refractivity contribution in [1.82, 2.24) is 10.6 Å². The van der Waals surface area contributed by atoms with Gasteiger partial charge >= 0.3 is 0 Å². The van der Waals surface area contributed by atoms with E-state index in [-0.39, 0.29) is 0 Å². The molecule has 0 spiro atoms. The zero-order valence-corrected chi connectivity index (χ0v) is 8.41. The average Bonchev–Trinajstić information content (AvgIpc) is 2.22. The Balaban J connectivity index is 3.72. The summed E-state index contributed by atoms with van der Waals surface area (Å²) < 4.78 is 0. The summed E-state index contributed by atoms with van der Waals surface area (Å²) in [6, 6.07) is 0. The largest absolute Gasteiger partial charge is 0.591 e. The molecule has 0 aromatic rings. The lowest BCUT2D eigenvalue weighted by Gasteiger charge is -2.30. The highest BCUT2D eigenvalue weighted by Gasteiger charge is 2.10. The first-order valence-corrected chi connectivity index (χ1v) is 4.85. The Labute approximate surface area is 84.1 Å². The molecular weight excluding hydrogens is 186 g/mol. The first kappa shape index (κ1) is 13.7. The second-order valence-electron chi connectivity index (χ2n) is 3.04. The molecule has 1 unspecified atom stereocenters. The van der Waals surface area contributed by atoms with E-state index < -0.39 is 5.28 Å². The maximum Gasteiger partial charge on any atom is 0.0511 e. The van der Waals surface area contributed by atoms with Crippen molar-refractivity contribution in [3.8, 4) is 0 Å². The number of hydrogen-bond donors (Lipinski definition) is 5. The van der Waals surface area contributed by atoms with E-state index in [0.717, 1.165) is 19.3 Å². The Morgan fingerprint density at radius 1 is 1.14 bits per heavy atom. The monoisotopic (exact) mass is 207 g/mol. The van der Waals surface area contributed by atoms with E-state index in [2.05, 4.69) is 0 Å². The van der Waals surface area contributed by atoms with Crippen molar-refractivity contribution in [2.45, 2.75) is 19.3 Å². The topological polar surface area (TPSA) is 115 Å². The highest BCUT2D eigenvalue weighted by Crippen LogP contribution is 1.89. The highest BCUT2D eigenvalue weighted by atomic mass is 16.7. The summed E-state index contributed by atoms with van der Waals surface area (Å²) in [6.07, 6.45) is 2.45. The molecule has 0 aromatic carbocycles. The smallest absolute Gasteiger partial charge is 0.0511 e. The molecule has 86 valence electrons. The van der Waals surface area contributed by atoms with Gasteiger partial charge in [-0.3, -0.25) is 5.21 Å². The van der Waals surface area contributed by atoms with Crippen molar-refractivity contribution in [1.29, 1.82) is 0 Å². The summed E-state index contributed by atoms with van der Waals surface area (Å²) in [5.74, 6) is 0. The molecule has 14 heavy (non-hydrogen) atoms. The molecule has 0 aliphatic carbocycles. The van der Waals surface area contributed by atoms with E-state index in [0.29, 0.717) is 26.2 Å². The van der Waals surface area contributed by atoms with Crippen LogP contribution in [-0.4, -0.2) is 36.4 Å². The third-order valence-electron chi connectivity index (χ3n) is 1.90. The van der Waals surface area contributed by atoms with Gasteiger partial charge in [-0.1, -0.05) is 0 Å². The first-order chi connectivity index (χ1) is 6.76. The van der Waals surface area contributed by atoms with Crippen LogP contribution in [0.2, 0.25) is 0 Å². The van der Waals surface area contributed by atoms with Crippen molar-refractivity contribution in [3.05, 3.63) is 5.21 Å². The second kappa shape index (κ2) is 9.28. The fourth-order valence-electron chi connectivity index (χ4n) is 1.11. The summed E-state index contributed by atoms with van der Waals surface area (Å²) in [7, 11) is 0. The zero-order chi connectivity index (χ0) is 10.8. The lowest BCUT2D eigenvalue weighted by molar-refractivity contribution is -1.04. The van der Waals surface area contributed by atoms with Crippen LogP contribution in [0.4, 0.5) is 0 Å². The molecule has 0 rings (SSSR count). The molecule has 0 fully saturated rings. The molecule has 7 heteroatoms. The molecule has 0 aliphatic rings. The lowest BCUT2D eigenvalue weighted by atomic mass is 10.3. The van der Waals surface area contributed by atoms with Gasteiger partial charge in [-0.05, 0) is 37.9 Å². The first-order valence-electron chi connectivity index (χ1n) is 4.85. The minimum atomic E-state index is -0.476. The van der Waals surface area contributed by atoms with Crippen molar-refractivity contribution in [2.24, 2.45) is 11.5 Å². The van der Waals surface area contributed by atoms with Crippen LogP contribution in [0.25, 0.3) is 0 Å². The van der Waals surface area contributed by atoms with Gasteiger partial charge in [-0.15, -0.1) is 5.01 Å². The number of unbranched alkanes of at least 4 members (excludes halogenated alkanes) is 1. The molecule has 0 radical (unpaired) electrons. The molecule has 0 saturated heterocycles. The van der Waals surface area contributed by atoms with Gasteiger partial charge in [-0.2, -0.15) is 5.28 Å². The number of nitrogens with one attached hydrogen (secondary N) is 2. The van der Waals surface area contributed by atoms with E-state index >= 15 is 0 Å². The van der Waals surface area contributed by atoms with E-state index in [1.54, 1.807) is 5.59 Å². The molecule has 7 N–H and O–H groups in total. The highest BCUT2D eigenvalue weighted by molar-refractivity contribution is 4.49. The Bertz CT molecular complexity index is 127. The van der Waals surface area contributed by atoms with Gasteiger partial charge < -0.3 is 16.7 Å². The Morgan fingerprint density at radius 2 is 1.71 bits per heavy atom.